The number of rotatable bonds is 5. The van der Waals surface area contributed by atoms with Gasteiger partial charge >= 0.3 is 0 Å². The largest absolute Gasteiger partial charge is 0.396 e. The lowest BCUT2D eigenvalue weighted by atomic mass is 9.89. The normalized spacial score (nSPS) is 11.4. The van der Waals surface area contributed by atoms with Crippen LogP contribution in [-0.2, 0) is 0 Å². The molecule has 0 unspecified atom stereocenters. The maximum Gasteiger partial charge on any atom is 0.254 e. The molecule has 0 aliphatic rings. The van der Waals surface area contributed by atoms with Crippen LogP contribution in [0, 0.1) is 17.2 Å². The summed E-state index contributed by atoms with van der Waals surface area (Å²) >= 11 is 0. The lowest BCUT2D eigenvalue weighted by molar-refractivity contribution is 0.0922. The molecule has 1 amide bonds. The number of nitrogens with zero attached hydrogens (tertiary/aromatic N) is 1. The zero-order valence-corrected chi connectivity index (χ0v) is 10.3. The van der Waals surface area contributed by atoms with Crippen LogP contribution < -0.4 is 5.32 Å². The van der Waals surface area contributed by atoms with Crippen molar-refractivity contribution in [2.75, 3.05) is 13.2 Å². The molecule has 1 rings (SSSR count). The van der Waals surface area contributed by atoms with Gasteiger partial charge in [0.05, 0.1) is 5.56 Å². The lowest BCUT2D eigenvalue weighted by Gasteiger charge is -2.23. The Hall–Kier alpha value is -1.56. The molecular weight excluding hydrogens is 242 g/mol. The molecule has 18 heavy (non-hydrogen) atoms. The van der Waals surface area contributed by atoms with Gasteiger partial charge in [-0.2, -0.15) is 4.39 Å². The molecule has 0 saturated heterocycles. The second-order valence-electron chi connectivity index (χ2n) is 4.78. The van der Waals surface area contributed by atoms with Crippen molar-refractivity contribution in [2.24, 2.45) is 5.41 Å². The number of amides is 1. The minimum Gasteiger partial charge on any atom is -0.396 e. The molecule has 1 aromatic rings. The number of hydrogen-bond acceptors (Lipinski definition) is 3. The molecule has 0 aliphatic heterocycles. The van der Waals surface area contributed by atoms with Gasteiger partial charge < -0.3 is 10.4 Å². The van der Waals surface area contributed by atoms with Gasteiger partial charge in [-0.3, -0.25) is 4.79 Å². The van der Waals surface area contributed by atoms with Crippen LogP contribution in [0.15, 0.2) is 12.3 Å². The molecule has 0 radical (unpaired) electrons. The molecule has 4 nitrogen and oxygen atoms in total. The first-order chi connectivity index (χ1) is 8.37. The quantitative estimate of drug-likeness (QED) is 0.787. The van der Waals surface area contributed by atoms with Crippen molar-refractivity contribution in [3.05, 3.63) is 29.6 Å². The van der Waals surface area contributed by atoms with E-state index in [9.17, 15) is 13.6 Å². The maximum absolute atomic E-state index is 13.3. The molecule has 1 heterocycles. The first-order valence-corrected chi connectivity index (χ1v) is 5.56. The second kappa shape index (κ2) is 5.86. The molecule has 0 atom stereocenters. The van der Waals surface area contributed by atoms with Crippen molar-refractivity contribution in [3.8, 4) is 0 Å². The monoisotopic (exact) mass is 258 g/mol. The van der Waals surface area contributed by atoms with E-state index in [2.05, 4.69) is 10.3 Å². The fourth-order valence-corrected chi connectivity index (χ4v) is 1.40. The zero-order chi connectivity index (χ0) is 13.8. The van der Waals surface area contributed by atoms with Crippen LogP contribution in [0.3, 0.4) is 0 Å². The van der Waals surface area contributed by atoms with E-state index < -0.39 is 17.7 Å². The smallest absolute Gasteiger partial charge is 0.254 e. The van der Waals surface area contributed by atoms with Crippen LogP contribution in [0.1, 0.15) is 30.6 Å². The van der Waals surface area contributed by atoms with Crippen LogP contribution in [0.2, 0.25) is 0 Å². The van der Waals surface area contributed by atoms with E-state index in [-0.39, 0.29) is 24.1 Å². The first-order valence-electron chi connectivity index (χ1n) is 5.56. The van der Waals surface area contributed by atoms with Gasteiger partial charge in [0.1, 0.15) is 0 Å². The fourth-order valence-electron chi connectivity index (χ4n) is 1.40. The van der Waals surface area contributed by atoms with Crippen LogP contribution >= 0.6 is 0 Å². The third kappa shape index (κ3) is 3.73. The lowest BCUT2D eigenvalue weighted by Crippen LogP contribution is -2.35. The predicted molar refractivity (Wildman–Crippen MR) is 62.0 cm³/mol. The van der Waals surface area contributed by atoms with E-state index in [1.807, 2.05) is 13.8 Å². The summed E-state index contributed by atoms with van der Waals surface area (Å²) in [6.07, 6.45) is 1.53. The Kier molecular flexibility index (Phi) is 4.72. The fraction of sp³-hybridized carbons (Fsp3) is 0.500. The van der Waals surface area contributed by atoms with Gasteiger partial charge in [0.2, 0.25) is 5.95 Å². The molecule has 0 bridgehead atoms. The van der Waals surface area contributed by atoms with Crippen LogP contribution in [-0.4, -0.2) is 29.1 Å². The van der Waals surface area contributed by atoms with E-state index in [0.717, 1.165) is 12.3 Å². The number of aliphatic hydroxyl groups is 1. The number of halogens is 2. The van der Waals surface area contributed by atoms with Crippen LogP contribution in [0.4, 0.5) is 8.78 Å². The third-order valence-corrected chi connectivity index (χ3v) is 2.61. The number of carbonyl (C=O) groups is 1. The van der Waals surface area contributed by atoms with Crippen LogP contribution in [0.25, 0.3) is 0 Å². The number of pyridine rings is 1. The van der Waals surface area contributed by atoms with E-state index in [1.54, 1.807) is 0 Å². The Morgan fingerprint density at radius 2 is 2.17 bits per heavy atom. The zero-order valence-electron chi connectivity index (χ0n) is 10.3. The van der Waals surface area contributed by atoms with Crippen molar-refractivity contribution in [1.82, 2.24) is 10.3 Å². The molecule has 100 valence electrons. The maximum atomic E-state index is 13.3. The summed E-state index contributed by atoms with van der Waals surface area (Å²) in [6.45, 7) is 3.97. The Morgan fingerprint density at radius 3 is 2.78 bits per heavy atom. The molecule has 1 aromatic heterocycles. The van der Waals surface area contributed by atoms with Crippen LogP contribution in [0.5, 0.6) is 0 Å². The Balaban J connectivity index is 2.69. The number of hydrogen-bond donors (Lipinski definition) is 2. The molecule has 0 aliphatic carbocycles. The highest BCUT2D eigenvalue weighted by Crippen LogP contribution is 2.18. The van der Waals surface area contributed by atoms with E-state index >= 15 is 0 Å². The summed E-state index contributed by atoms with van der Waals surface area (Å²) in [5.41, 5.74) is -0.686. The highest BCUT2D eigenvalue weighted by Gasteiger charge is 2.21. The van der Waals surface area contributed by atoms with Gasteiger partial charge in [0.25, 0.3) is 5.91 Å². The van der Waals surface area contributed by atoms with Gasteiger partial charge in [0.15, 0.2) is 5.82 Å². The van der Waals surface area contributed by atoms with Crippen molar-refractivity contribution >= 4 is 5.91 Å². The van der Waals surface area contributed by atoms with Crippen molar-refractivity contribution in [3.63, 3.8) is 0 Å². The molecule has 2 N–H and O–H groups in total. The minimum atomic E-state index is -1.29. The molecule has 6 heteroatoms. The van der Waals surface area contributed by atoms with E-state index in [0.29, 0.717) is 6.42 Å². The van der Waals surface area contributed by atoms with E-state index in [1.165, 1.54) is 0 Å². The summed E-state index contributed by atoms with van der Waals surface area (Å²) in [7, 11) is 0. The third-order valence-electron chi connectivity index (χ3n) is 2.61. The van der Waals surface area contributed by atoms with Gasteiger partial charge in [-0.1, -0.05) is 13.8 Å². The number of carbonyl (C=O) groups excluding carboxylic acids is 1. The molecule has 0 aromatic carbocycles. The SMILES string of the molecule is CC(C)(CCO)CNC(=O)c1ccnc(F)c1F. The number of nitrogens with one attached hydrogen (secondary N) is 1. The van der Waals surface area contributed by atoms with Gasteiger partial charge in [-0.05, 0) is 17.9 Å². The highest BCUT2D eigenvalue weighted by molar-refractivity contribution is 5.94. The van der Waals surface area contributed by atoms with Gasteiger partial charge in [-0.15, -0.1) is 0 Å². The summed E-state index contributed by atoms with van der Waals surface area (Å²) in [6, 6.07) is 1.12. The first kappa shape index (κ1) is 14.5. The van der Waals surface area contributed by atoms with Crippen molar-refractivity contribution in [2.45, 2.75) is 20.3 Å². The summed E-state index contributed by atoms with van der Waals surface area (Å²) in [4.78, 5) is 14.8. The summed E-state index contributed by atoms with van der Waals surface area (Å²) < 4.78 is 26.1. The molecule has 0 fully saturated rings. The minimum absolute atomic E-state index is 0.00111. The standard InChI is InChI=1S/C12H16F2N2O2/c1-12(2,4-6-17)7-16-11(18)8-3-5-15-10(14)9(8)13/h3,5,17H,4,6-7H2,1-2H3,(H,16,18). The number of aromatic nitrogens is 1. The average Bonchev–Trinajstić information content (AvgIpc) is 2.30. The Bertz CT molecular complexity index is 436. The van der Waals surface area contributed by atoms with E-state index in [4.69, 9.17) is 5.11 Å². The number of aliphatic hydroxyl groups excluding tert-OH is 1. The molecule has 0 saturated carbocycles. The van der Waals surface area contributed by atoms with Gasteiger partial charge in [0, 0.05) is 19.3 Å². The highest BCUT2D eigenvalue weighted by atomic mass is 19.2. The van der Waals surface area contributed by atoms with Crippen molar-refractivity contribution in [1.29, 1.82) is 0 Å². The average molecular weight is 258 g/mol. The predicted octanol–water partition coefficient (Wildman–Crippen LogP) is 1.50. The Labute approximate surface area is 104 Å². The Morgan fingerprint density at radius 1 is 1.50 bits per heavy atom. The molecular formula is C12H16F2N2O2. The van der Waals surface area contributed by atoms with Gasteiger partial charge in [-0.25, -0.2) is 9.37 Å². The summed E-state index contributed by atoms with van der Waals surface area (Å²) in [5.74, 6) is -3.24. The second-order valence-corrected chi connectivity index (χ2v) is 4.78. The molecule has 0 spiro atoms. The summed E-state index contributed by atoms with van der Waals surface area (Å²) in [5, 5.41) is 11.3. The topological polar surface area (TPSA) is 62.2 Å². The van der Waals surface area contributed by atoms with Crippen molar-refractivity contribution < 1.29 is 18.7 Å².